The zero-order valence-corrected chi connectivity index (χ0v) is 13.4. The van der Waals surface area contributed by atoms with Crippen LogP contribution in [0.2, 0.25) is 5.02 Å². The first-order valence-corrected chi connectivity index (χ1v) is 7.69. The Balaban J connectivity index is 2.49. The maximum Gasteiger partial charge on any atom is 0.224 e. The lowest BCUT2D eigenvalue weighted by Gasteiger charge is -2.13. The van der Waals surface area contributed by atoms with Crippen molar-refractivity contribution in [2.45, 2.75) is 32.6 Å². The third kappa shape index (κ3) is 5.51. The second kappa shape index (κ2) is 8.56. The van der Waals surface area contributed by atoms with Gasteiger partial charge in [0.15, 0.2) is 0 Å². The molecule has 1 unspecified atom stereocenters. The van der Waals surface area contributed by atoms with E-state index in [-0.39, 0.29) is 5.91 Å². The molecule has 0 saturated carbocycles. The van der Waals surface area contributed by atoms with Crippen LogP contribution in [-0.4, -0.2) is 12.5 Å². The van der Waals surface area contributed by atoms with Gasteiger partial charge >= 0.3 is 0 Å². The Morgan fingerprint density at radius 2 is 2.21 bits per heavy atom. The van der Waals surface area contributed by atoms with Crippen molar-refractivity contribution in [3.05, 3.63) is 27.7 Å². The number of carbonyl (C=O) groups excluding carboxylic acids is 1. The third-order valence-corrected chi connectivity index (χ3v) is 4.56. The number of halogens is 2. The van der Waals surface area contributed by atoms with E-state index in [2.05, 4.69) is 28.2 Å². The predicted octanol–water partition coefficient (Wildman–Crippen LogP) is 4.20. The highest BCUT2D eigenvalue weighted by Gasteiger charge is 2.11. The van der Waals surface area contributed by atoms with E-state index in [0.29, 0.717) is 29.6 Å². The molecule has 0 saturated heterocycles. The normalized spacial score (nSPS) is 12.2. The van der Waals surface area contributed by atoms with Gasteiger partial charge in [-0.1, -0.05) is 31.0 Å². The molecule has 5 heteroatoms. The van der Waals surface area contributed by atoms with Crippen LogP contribution >= 0.6 is 27.5 Å². The highest BCUT2D eigenvalue weighted by atomic mass is 79.9. The Bertz CT molecular complexity index is 426. The summed E-state index contributed by atoms with van der Waals surface area (Å²) in [7, 11) is 0. The number of hydrogen-bond donors (Lipinski definition) is 2. The van der Waals surface area contributed by atoms with Gasteiger partial charge in [0.2, 0.25) is 5.91 Å². The first-order chi connectivity index (χ1) is 9.08. The summed E-state index contributed by atoms with van der Waals surface area (Å²) in [4.78, 5) is 11.9. The summed E-state index contributed by atoms with van der Waals surface area (Å²) < 4.78 is 0.721. The van der Waals surface area contributed by atoms with Gasteiger partial charge in [-0.15, -0.1) is 0 Å². The van der Waals surface area contributed by atoms with E-state index < -0.39 is 0 Å². The molecule has 19 heavy (non-hydrogen) atoms. The molecule has 106 valence electrons. The van der Waals surface area contributed by atoms with Gasteiger partial charge in [0, 0.05) is 6.42 Å². The standard InChI is InChI=1S/C14H20BrClN2O/c1-2-10(8-9-17)6-7-13(19)18-12-5-3-4-11(16)14(12)15/h3-5,10H,2,6-9,17H2,1H3,(H,18,19). The first-order valence-electron chi connectivity index (χ1n) is 6.52. The molecule has 0 aliphatic carbocycles. The fourth-order valence-electron chi connectivity index (χ4n) is 1.94. The van der Waals surface area contributed by atoms with E-state index >= 15 is 0 Å². The first kappa shape index (κ1) is 16.5. The number of benzene rings is 1. The van der Waals surface area contributed by atoms with Crippen LogP contribution in [0, 0.1) is 5.92 Å². The Hall–Kier alpha value is -0.580. The van der Waals surface area contributed by atoms with E-state index in [1.54, 1.807) is 6.07 Å². The zero-order chi connectivity index (χ0) is 14.3. The molecular formula is C14H20BrClN2O. The van der Waals surface area contributed by atoms with Crippen molar-refractivity contribution >= 4 is 39.1 Å². The van der Waals surface area contributed by atoms with Crippen LogP contribution in [0.15, 0.2) is 22.7 Å². The largest absolute Gasteiger partial charge is 0.330 e. The zero-order valence-electron chi connectivity index (χ0n) is 11.1. The Morgan fingerprint density at radius 3 is 2.84 bits per heavy atom. The highest BCUT2D eigenvalue weighted by molar-refractivity contribution is 9.10. The molecule has 1 rings (SSSR count). The van der Waals surface area contributed by atoms with Gasteiger partial charge in [0.25, 0.3) is 0 Å². The summed E-state index contributed by atoms with van der Waals surface area (Å²) in [6.45, 7) is 2.81. The summed E-state index contributed by atoms with van der Waals surface area (Å²) in [5.41, 5.74) is 6.26. The number of rotatable bonds is 7. The summed E-state index contributed by atoms with van der Waals surface area (Å²) in [6, 6.07) is 5.41. The molecule has 3 N–H and O–H groups in total. The lowest BCUT2D eigenvalue weighted by Crippen LogP contribution is -2.15. The highest BCUT2D eigenvalue weighted by Crippen LogP contribution is 2.30. The number of anilines is 1. The van der Waals surface area contributed by atoms with E-state index in [1.807, 2.05) is 12.1 Å². The van der Waals surface area contributed by atoms with Crippen molar-refractivity contribution in [3.8, 4) is 0 Å². The minimum atomic E-state index is 0.0124. The Labute approximate surface area is 128 Å². The molecule has 1 atom stereocenters. The molecule has 1 amide bonds. The van der Waals surface area contributed by atoms with Crippen LogP contribution in [0.1, 0.15) is 32.6 Å². The van der Waals surface area contributed by atoms with Gasteiger partial charge in [-0.2, -0.15) is 0 Å². The average molecular weight is 348 g/mol. The fraction of sp³-hybridized carbons (Fsp3) is 0.500. The molecule has 3 nitrogen and oxygen atoms in total. The van der Waals surface area contributed by atoms with E-state index in [1.165, 1.54) is 0 Å². The molecule has 0 aromatic heterocycles. The summed E-state index contributed by atoms with van der Waals surface area (Å²) >= 11 is 9.34. The van der Waals surface area contributed by atoms with Gasteiger partial charge in [-0.05, 0) is 53.4 Å². The molecule has 0 aliphatic heterocycles. The minimum Gasteiger partial charge on any atom is -0.330 e. The maximum absolute atomic E-state index is 11.9. The SMILES string of the molecule is CCC(CCN)CCC(=O)Nc1cccc(Cl)c1Br. The molecule has 0 fully saturated rings. The van der Waals surface area contributed by atoms with Gasteiger partial charge in [-0.3, -0.25) is 4.79 Å². The molecule has 0 radical (unpaired) electrons. The Morgan fingerprint density at radius 1 is 1.47 bits per heavy atom. The second-order valence-electron chi connectivity index (χ2n) is 4.54. The summed E-state index contributed by atoms with van der Waals surface area (Å²) in [5, 5.41) is 3.46. The van der Waals surface area contributed by atoms with E-state index in [9.17, 15) is 4.79 Å². The number of amides is 1. The van der Waals surface area contributed by atoms with Crippen LogP contribution in [0.3, 0.4) is 0 Å². The second-order valence-corrected chi connectivity index (χ2v) is 5.74. The molecule has 0 bridgehead atoms. The molecule has 0 aliphatic rings. The molecule has 1 aromatic rings. The van der Waals surface area contributed by atoms with Gasteiger partial charge in [0.05, 0.1) is 15.2 Å². The van der Waals surface area contributed by atoms with Crippen LogP contribution < -0.4 is 11.1 Å². The quantitative estimate of drug-likeness (QED) is 0.777. The van der Waals surface area contributed by atoms with Crippen LogP contribution in [0.4, 0.5) is 5.69 Å². The van der Waals surface area contributed by atoms with Crippen LogP contribution in [-0.2, 0) is 4.79 Å². The summed E-state index contributed by atoms with van der Waals surface area (Å²) in [5.74, 6) is 0.539. The number of nitrogens with one attached hydrogen (secondary N) is 1. The van der Waals surface area contributed by atoms with Crippen molar-refractivity contribution < 1.29 is 4.79 Å². The lowest BCUT2D eigenvalue weighted by atomic mass is 9.96. The van der Waals surface area contributed by atoms with Crippen molar-refractivity contribution in [2.75, 3.05) is 11.9 Å². The minimum absolute atomic E-state index is 0.0124. The maximum atomic E-state index is 11.9. The summed E-state index contributed by atoms with van der Waals surface area (Å²) in [6.07, 6.45) is 3.42. The van der Waals surface area contributed by atoms with Crippen molar-refractivity contribution in [1.29, 1.82) is 0 Å². The monoisotopic (exact) mass is 346 g/mol. The molecular weight excluding hydrogens is 328 g/mol. The third-order valence-electron chi connectivity index (χ3n) is 3.16. The smallest absolute Gasteiger partial charge is 0.224 e. The topological polar surface area (TPSA) is 55.1 Å². The molecule has 0 spiro atoms. The number of carbonyl (C=O) groups is 1. The number of nitrogens with two attached hydrogens (primary N) is 1. The van der Waals surface area contributed by atoms with Crippen molar-refractivity contribution in [2.24, 2.45) is 11.7 Å². The van der Waals surface area contributed by atoms with Crippen LogP contribution in [0.25, 0.3) is 0 Å². The van der Waals surface area contributed by atoms with Gasteiger partial charge < -0.3 is 11.1 Å². The molecule has 0 heterocycles. The van der Waals surface area contributed by atoms with E-state index in [0.717, 1.165) is 23.7 Å². The number of hydrogen-bond acceptors (Lipinski definition) is 2. The lowest BCUT2D eigenvalue weighted by molar-refractivity contribution is -0.116. The van der Waals surface area contributed by atoms with Crippen LogP contribution in [0.5, 0.6) is 0 Å². The van der Waals surface area contributed by atoms with Crippen molar-refractivity contribution in [3.63, 3.8) is 0 Å². The Kier molecular flexibility index (Phi) is 7.42. The predicted molar refractivity (Wildman–Crippen MR) is 84.5 cm³/mol. The average Bonchev–Trinajstić information content (AvgIpc) is 2.40. The fourth-order valence-corrected chi connectivity index (χ4v) is 2.47. The van der Waals surface area contributed by atoms with Gasteiger partial charge in [-0.25, -0.2) is 0 Å². The van der Waals surface area contributed by atoms with Crippen molar-refractivity contribution in [1.82, 2.24) is 0 Å². The van der Waals surface area contributed by atoms with Gasteiger partial charge in [0.1, 0.15) is 0 Å². The molecule has 1 aromatic carbocycles. The van der Waals surface area contributed by atoms with E-state index in [4.69, 9.17) is 17.3 Å².